The summed E-state index contributed by atoms with van der Waals surface area (Å²) in [6.45, 7) is 2.84. The van der Waals surface area contributed by atoms with Gasteiger partial charge in [0.05, 0.1) is 0 Å². The van der Waals surface area contributed by atoms with Crippen molar-refractivity contribution in [3.63, 3.8) is 0 Å². The van der Waals surface area contributed by atoms with Crippen LogP contribution in [-0.2, 0) is 26.7 Å². The fourth-order valence-electron chi connectivity index (χ4n) is 0. The molecule has 4 nitrogen and oxygen atoms in total. The van der Waals surface area contributed by atoms with Gasteiger partial charge in [-0.3, -0.25) is 9.59 Å². The van der Waals surface area contributed by atoms with Gasteiger partial charge in [0.25, 0.3) is 12.4 Å². The van der Waals surface area contributed by atoms with E-state index in [4.69, 9.17) is 15.0 Å². The van der Waals surface area contributed by atoms with Crippen LogP contribution < -0.4 is 0 Å². The van der Waals surface area contributed by atoms with Gasteiger partial charge in [0.1, 0.15) is 0 Å². The van der Waals surface area contributed by atoms with E-state index in [1.54, 1.807) is 0 Å². The van der Waals surface area contributed by atoms with E-state index in [9.17, 15) is 4.79 Å². The molecule has 0 saturated carbocycles. The number of aliphatic carboxylic acids is 1. The molecule has 0 unspecified atom stereocenters. The quantitative estimate of drug-likeness (QED) is 0.340. The Morgan fingerprint density at radius 2 is 1.78 bits per heavy atom. The Labute approximate surface area is 63.3 Å². The zero-order chi connectivity index (χ0) is 6.99. The average Bonchev–Trinajstić information content (AvgIpc) is 1.69. The first kappa shape index (κ1) is 15.8. The maximum atomic E-state index is 9.31. The zero-order valence-electron chi connectivity index (χ0n) is 4.50. The van der Waals surface area contributed by atoms with Crippen LogP contribution in [0.15, 0.2) is 0 Å². The van der Waals surface area contributed by atoms with Crippen LogP contribution in [0.5, 0.6) is 0 Å². The normalized spacial score (nSPS) is 5.44. The number of carboxylic acid groups (broad SMARTS) is 2. The summed E-state index contributed by atoms with van der Waals surface area (Å²) in [7, 11) is 0. The van der Waals surface area contributed by atoms with Crippen LogP contribution in [0.4, 0.5) is 0 Å². The first-order valence-electron chi connectivity index (χ1n) is 1.78. The number of hydrogen-bond donors (Lipinski definition) is 2. The predicted octanol–water partition coefficient (Wildman–Crippen LogP) is -0.00651. The minimum absolute atomic E-state index is 0. The third-order valence-electron chi connectivity index (χ3n) is 0.214. The number of carboxylic acids is 1. The van der Waals surface area contributed by atoms with Crippen LogP contribution in [0.1, 0.15) is 6.42 Å². The molecule has 0 fully saturated rings. The second kappa shape index (κ2) is 15.7. The van der Waals surface area contributed by atoms with E-state index >= 15 is 0 Å². The SMILES string of the molecule is O=CO.[CH2-]CC(=O)O.[Cu+]. The van der Waals surface area contributed by atoms with Crippen molar-refractivity contribution in [1.82, 2.24) is 0 Å². The van der Waals surface area contributed by atoms with E-state index in [2.05, 4.69) is 6.92 Å². The van der Waals surface area contributed by atoms with Gasteiger partial charge < -0.3 is 17.1 Å². The van der Waals surface area contributed by atoms with Crippen molar-refractivity contribution >= 4 is 12.4 Å². The second-order valence-electron chi connectivity index (χ2n) is 0.749. The molecule has 0 aliphatic heterocycles. The molecule has 0 aromatic carbocycles. The molecule has 0 aromatic heterocycles. The van der Waals surface area contributed by atoms with Gasteiger partial charge >= 0.3 is 17.1 Å². The third kappa shape index (κ3) is 104. The van der Waals surface area contributed by atoms with E-state index in [-0.39, 0.29) is 30.0 Å². The molecule has 0 radical (unpaired) electrons. The van der Waals surface area contributed by atoms with Crippen molar-refractivity contribution < 1.29 is 36.9 Å². The van der Waals surface area contributed by atoms with Gasteiger partial charge in [-0.1, -0.05) is 6.42 Å². The molecule has 0 heterocycles. The van der Waals surface area contributed by atoms with Gasteiger partial charge in [0, 0.05) is 0 Å². The van der Waals surface area contributed by atoms with Crippen molar-refractivity contribution in [2.75, 3.05) is 0 Å². The average molecular weight is 183 g/mol. The van der Waals surface area contributed by atoms with Gasteiger partial charge in [-0.15, -0.1) is 0 Å². The summed E-state index contributed by atoms with van der Waals surface area (Å²) in [5.74, 6) is -0.856. The minimum atomic E-state index is -0.856. The Bertz CT molecular complexity index is 73.0. The summed E-state index contributed by atoms with van der Waals surface area (Å²) < 4.78 is 0. The molecule has 0 atom stereocenters. The number of hydrogen-bond acceptors (Lipinski definition) is 2. The first-order chi connectivity index (χ1) is 3.68. The molecule has 0 spiro atoms. The van der Waals surface area contributed by atoms with Gasteiger partial charge in [0.15, 0.2) is 0 Å². The molecule has 0 bridgehead atoms. The Balaban J connectivity index is -0.0000000800. The summed E-state index contributed by atoms with van der Waals surface area (Å²) in [4.78, 5) is 17.7. The monoisotopic (exact) mass is 182 g/mol. The summed E-state index contributed by atoms with van der Waals surface area (Å²) >= 11 is 0. The van der Waals surface area contributed by atoms with Crippen molar-refractivity contribution in [1.29, 1.82) is 0 Å². The van der Waals surface area contributed by atoms with Crippen molar-refractivity contribution in [2.45, 2.75) is 6.42 Å². The summed E-state index contributed by atoms with van der Waals surface area (Å²) in [5.41, 5.74) is 0. The van der Waals surface area contributed by atoms with Crippen molar-refractivity contribution in [3.8, 4) is 0 Å². The molecule has 2 N–H and O–H groups in total. The smallest absolute Gasteiger partial charge is 0.483 e. The fraction of sp³-hybridized carbons (Fsp3) is 0.250. The van der Waals surface area contributed by atoms with Crippen LogP contribution >= 0.6 is 0 Å². The standard InChI is InChI=1S/C3H5O2.CH2O2.Cu/c1-2-3(4)5;2-1-3;/h1-2H2,(H,4,5);1H,(H,2,3);/q-1;;+1. The van der Waals surface area contributed by atoms with Crippen LogP contribution in [0, 0.1) is 6.92 Å². The Morgan fingerprint density at radius 1 is 1.67 bits per heavy atom. The van der Waals surface area contributed by atoms with Gasteiger partial charge in [-0.05, 0) is 0 Å². The summed E-state index contributed by atoms with van der Waals surface area (Å²) in [5, 5.41) is 14.5. The molecule has 0 amide bonds. The molecule has 9 heavy (non-hydrogen) atoms. The van der Waals surface area contributed by atoms with E-state index in [0.29, 0.717) is 0 Å². The number of carbonyl (C=O) groups is 2. The van der Waals surface area contributed by atoms with Gasteiger partial charge in [-0.2, -0.15) is 0 Å². The van der Waals surface area contributed by atoms with Crippen LogP contribution in [0.3, 0.4) is 0 Å². The van der Waals surface area contributed by atoms with Gasteiger partial charge in [-0.25, -0.2) is 0 Å². The van der Waals surface area contributed by atoms with Gasteiger partial charge in [0.2, 0.25) is 0 Å². The molecular weight excluding hydrogens is 176 g/mol. The fourth-order valence-corrected chi connectivity index (χ4v) is 0. The molecule has 0 saturated heterocycles. The molecular formula is C4H7CuO4. The Kier molecular flexibility index (Phi) is 27.5. The molecule has 0 aliphatic rings. The van der Waals surface area contributed by atoms with Crippen LogP contribution in [-0.4, -0.2) is 22.7 Å². The van der Waals surface area contributed by atoms with E-state index < -0.39 is 5.97 Å². The maximum absolute atomic E-state index is 9.31. The largest absolute Gasteiger partial charge is 1.00 e. The second-order valence-corrected chi connectivity index (χ2v) is 0.749. The van der Waals surface area contributed by atoms with E-state index in [1.807, 2.05) is 0 Å². The zero-order valence-corrected chi connectivity index (χ0v) is 5.45. The predicted molar refractivity (Wildman–Crippen MR) is 26.3 cm³/mol. The number of rotatable bonds is 1. The Morgan fingerprint density at radius 3 is 1.78 bits per heavy atom. The molecule has 0 aliphatic carbocycles. The van der Waals surface area contributed by atoms with Crippen LogP contribution in [0.2, 0.25) is 0 Å². The summed E-state index contributed by atoms with van der Waals surface area (Å²) in [6, 6.07) is 0. The molecule has 0 rings (SSSR count). The topological polar surface area (TPSA) is 74.6 Å². The van der Waals surface area contributed by atoms with Crippen molar-refractivity contribution in [2.24, 2.45) is 0 Å². The molecule has 0 aromatic rings. The first-order valence-corrected chi connectivity index (χ1v) is 1.78. The Hall–Kier alpha value is -0.541. The maximum Gasteiger partial charge on any atom is 1.00 e. The van der Waals surface area contributed by atoms with Crippen molar-refractivity contribution in [3.05, 3.63) is 6.92 Å². The molecule has 5 heteroatoms. The van der Waals surface area contributed by atoms with Crippen LogP contribution in [0.25, 0.3) is 0 Å². The minimum Gasteiger partial charge on any atom is -0.483 e. The van der Waals surface area contributed by atoms with E-state index in [0.717, 1.165) is 0 Å². The van der Waals surface area contributed by atoms with E-state index in [1.165, 1.54) is 0 Å². The third-order valence-corrected chi connectivity index (χ3v) is 0.214. The summed E-state index contributed by atoms with van der Waals surface area (Å²) in [6.07, 6.45) is -0.0278. The molecule has 58 valence electrons.